The summed E-state index contributed by atoms with van der Waals surface area (Å²) in [7, 11) is -3.91. The molecule has 0 aliphatic rings. The Labute approximate surface area is 113 Å². The SMILES string of the molecule is O=[N+]([O-])c1cnc(NS(=O)(=O)c2ccccc2)c(O)c1. The summed E-state index contributed by atoms with van der Waals surface area (Å²) in [6, 6.07) is 8.28. The fourth-order valence-electron chi connectivity index (χ4n) is 1.41. The third kappa shape index (κ3) is 2.83. The first-order valence-electron chi connectivity index (χ1n) is 5.31. The monoisotopic (exact) mass is 295 g/mol. The van der Waals surface area contributed by atoms with Gasteiger partial charge in [0, 0.05) is 0 Å². The number of nitro groups is 1. The number of benzene rings is 1. The summed E-state index contributed by atoms with van der Waals surface area (Å²) in [4.78, 5) is 13.3. The van der Waals surface area contributed by atoms with Gasteiger partial charge in [0.05, 0.1) is 15.9 Å². The van der Waals surface area contributed by atoms with Crippen molar-refractivity contribution in [1.29, 1.82) is 0 Å². The molecule has 0 atom stereocenters. The molecule has 0 aliphatic carbocycles. The Morgan fingerprint density at radius 1 is 1.25 bits per heavy atom. The summed E-state index contributed by atoms with van der Waals surface area (Å²) in [5.74, 6) is -1.00. The number of anilines is 1. The van der Waals surface area contributed by atoms with E-state index in [-0.39, 0.29) is 10.7 Å². The van der Waals surface area contributed by atoms with Crippen LogP contribution in [0.25, 0.3) is 0 Å². The number of hydrogen-bond donors (Lipinski definition) is 2. The van der Waals surface area contributed by atoms with Crippen molar-refractivity contribution >= 4 is 21.5 Å². The van der Waals surface area contributed by atoms with Gasteiger partial charge in [-0.1, -0.05) is 18.2 Å². The molecule has 0 amide bonds. The van der Waals surface area contributed by atoms with E-state index in [0.29, 0.717) is 0 Å². The van der Waals surface area contributed by atoms with Crippen LogP contribution in [0.5, 0.6) is 5.75 Å². The molecule has 0 bridgehead atoms. The number of pyridine rings is 1. The van der Waals surface area contributed by atoms with Crippen LogP contribution in [0.4, 0.5) is 11.5 Å². The molecule has 8 nitrogen and oxygen atoms in total. The van der Waals surface area contributed by atoms with Gasteiger partial charge in [-0.3, -0.25) is 14.8 Å². The Hall–Kier alpha value is -2.68. The Kier molecular flexibility index (Phi) is 3.53. The van der Waals surface area contributed by atoms with Crippen molar-refractivity contribution < 1.29 is 18.4 Å². The van der Waals surface area contributed by atoms with Crippen LogP contribution in [0, 0.1) is 10.1 Å². The van der Waals surface area contributed by atoms with Crippen molar-refractivity contribution in [1.82, 2.24) is 4.98 Å². The lowest BCUT2D eigenvalue weighted by atomic mass is 10.4. The Morgan fingerprint density at radius 2 is 1.90 bits per heavy atom. The third-order valence-corrected chi connectivity index (χ3v) is 3.70. The molecule has 0 saturated carbocycles. The van der Waals surface area contributed by atoms with Crippen molar-refractivity contribution in [3.8, 4) is 5.75 Å². The lowest BCUT2D eigenvalue weighted by Gasteiger charge is -2.08. The molecule has 2 aromatic rings. The van der Waals surface area contributed by atoms with E-state index in [1.165, 1.54) is 24.3 Å². The first-order chi connectivity index (χ1) is 9.40. The largest absolute Gasteiger partial charge is 0.504 e. The molecule has 104 valence electrons. The normalized spacial score (nSPS) is 11.0. The lowest BCUT2D eigenvalue weighted by molar-refractivity contribution is -0.385. The molecular formula is C11H9N3O5S. The number of nitrogens with zero attached hydrogens (tertiary/aromatic N) is 2. The number of aromatic nitrogens is 1. The Bertz CT molecular complexity index is 746. The van der Waals surface area contributed by atoms with Crippen LogP contribution >= 0.6 is 0 Å². The van der Waals surface area contributed by atoms with Crippen molar-refractivity contribution in [3.05, 3.63) is 52.7 Å². The minimum Gasteiger partial charge on any atom is -0.504 e. The van der Waals surface area contributed by atoms with Gasteiger partial charge in [-0.25, -0.2) is 13.4 Å². The summed E-state index contributed by atoms with van der Waals surface area (Å²) in [6.07, 6.45) is 0.850. The molecule has 2 rings (SSSR count). The zero-order valence-electron chi connectivity index (χ0n) is 9.92. The van der Waals surface area contributed by atoms with Gasteiger partial charge in [0.15, 0.2) is 11.6 Å². The summed E-state index contributed by atoms with van der Waals surface area (Å²) in [5, 5.41) is 20.0. The summed E-state index contributed by atoms with van der Waals surface area (Å²) < 4.78 is 26.0. The zero-order chi connectivity index (χ0) is 14.8. The summed E-state index contributed by atoms with van der Waals surface area (Å²) in [5.41, 5.74) is -0.440. The predicted octanol–water partition coefficient (Wildman–Crippen LogP) is 1.50. The van der Waals surface area contributed by atoms with E-state index in [9.17, 15) is 23.6 Å². The topological polar surface area (TPSA) is 122 Å². The fraction of sp³-hybridized carbons (Fsp3) is 0. The zero-order valence-corrected chi connectivity index (χ0v) is 10.7. The first-order valence-corrected chi connectivity index (χ1v) is 6.80. The fourth-order valence-corrected chi connectivity index (χ4v) is 2.45. The molecule has 1 aromatic heterocycles. The third-order valence-electron chi connectivity index (χ3n) is 2.35. The van der Waals surface area contributed by atoms with Crippen molar-refractivity contribution in [2.24, 2.45) is 0 Å². The maximum Gasteiger partial charge on any atom is 0.291 e. The predicted molar refractivity (Wildman–Crippen MR) is 69.8 cm³/mol. The average molecular weight is 295 g/mol. The maximum atomic E-state index is 12.0. The summed E-state index contributed by atoms with van der Waals surface area (Å²) in [6.45, 7) is 0. The van der Waals surface area contributed by atoms with Crippen molar-refractivity contribution in [2.75, 3.05) is 4.72 Å². The van der Waals surface area contributed by atoms with E-state index >= 15 is 0 Å². The van der Waals surface area contributed by atoms with Crippen LogP contribution in [0.1, 0.15) is 0 Å². The molecule has 0 aliphatic heterocycles. The quantitative estimate of drug-likeness (QED) is 0.651. The number of aromatic hydroxyl groups is 1. The van der Waals surface area contributed by atoms with Gasteiger partial charge in [0.1, 0.15) is 6.20 Å². The second-order valence-corrected chi connectivity index (χ2v) is 5.42. The highest BCUT2D eigenvalue weighted by molar-refractivity contribution is 7.92. The van der Waals surface area contributed by atoms with Gasteiger partial charge in [-0.05, 0) is 12.1 Å². The average Bonchev–Trinajstić information content (AvgIpc) is 2.41. The van der Waals surface area contributed by atoms with Gasteiger partial charge >= 0.3 is 0 Å². The molecule has 9 heteroatoms. The van der Waals surface area contributed by atoms with Crippen LogP contribution in [-0.2, 0) is 10.0 Å². The van der Waals surface area contributed by atoms with Crippen molar-refractivity contribution in [2.45, 2.75) is 4.90 Å². The molecule has 0 unspecified atom stereocenters. The van der Waals surface area contributed by atoms with Gasteiger partial charge in [0.2, 0.25) is 0 Å². The van der Waals surface area contributed by atoms with E-state index in [1.54, 1.807) is 6.07 Å². The van der Waals surface area contributed by atoms with Gasteiger partial charge in [0.25, 0.3) is 15.7 Å². The van der Waals surface area contributed by atoms with Crippen LogP contribution < -0.4 is 4.72 Å². The number of nitrogens with one attached hydrogen (secondary N) is 1. The minimum atomic E-state index is -3.91. The van der Waals surface area contributed by atoms with Gasteiger partial charge in [-0.2, -0.15) is 0 Å². The van der Waals surface area contributed by atoms with E-state index in [4.69, 9.17) is 0 Å². The Morgan fingerprint density at radius 3 is 2.45 bits per heavy atom. The molecule has 1 aromatic carbocycles. The molecule has 0 saturated heterocycles. The van der Waals surface area contributed by atoms with E-state index in [1.807, 2.05) is 0 Å². The second kappa shape index (κ2) is 5.13. The van der Waals surface area contributed by atoms with Crippen molar-refractivity contribution in [3.63, 3.8) is 0 Å². The number of sulfonamides is 1. The van der Waals surface area contributed by atoms with Crippen LogP contribution in [0.3, 0.4) is 0 Å². The molecule has 2 N–H and O–H groups in total. The molecular weight excluding hydrogens is 286 g/mol. The van der Waals surface area contributed by atoms with Crippen LogP contribution in [0.15, 0.2) is 47.5 Å². The molecule has 20 heavy (non-hydrogen) atoms. The highest BCUT2D eigenvalue weighted by Gasteiger charge is 2.18. The summed E-state index contributed by atoms with van der Waals surface area (Å²) >= 11 is 0. The molecule has 1 heterocycles. The molecule has 0 spiro atoms. The second-order valence-electron chi connectivity index (χ2n) is 3.74. The van der Waals surface area contributed by atoms with E-state index < -0.39 is 26.4 Å². The van der Waals surface area contributed by atoms with E-state index in [2.05, 4.69) is 9.71 Å². The number of hydrogen-bond acceptors (Lipinski definition) is 6. The van der Waals surface area contributed by atoms with Crippen LogP contribution in [0.2, 0.25) is 0 Å². The first kappa shape index (κ1) is 13.7. The highest BCUT2D eigenvalue weighted by Crippen LogP contribution is 2.26. The minimum absolute atomic E-state index is 0.0143. The smallest absolute Gasteiger partial charge is 0.291 e. The highest BCUT2D eigenvalue weighted by atomic mass is 32.2. The maximum absolute atomic E-state index is 12.0. The standard InChI is InChI=1S/C11H9N3O5S/c15-10-6-8(14(16)17)7-12-11(10)13-20(18,19)9-4-2-1-3-5-9/h1-7,15H,(H,12,13). The van der Waals surface area contributed by atoms with Gasteiger partial charge < -0.3 is 5.11 Å². The molecule has 0 fully saturated rings. The van der Waals surface area contributed by atoms with Gasteiger partial charge in [-0.15, -0.1) is 0 Å². The Balaban J connectivity index is 2.33. The lowest BCUT2D eigenvalue weighted by Crippen LogP contribution is -2.14. The molecule has 0 radical (unpaired) electrons. The van der Waals surface area contributed by atoms with E-state index in [0.717, 1.165) is 12.3 Å². The van der Waals surface area contributed by atoms with Crippen LogP contribution in [-0.4, -0.2) is 23.4 Å². The number of rotatable bonds is 4.